The summed E-state index contributed by atoms with van der Waals surface area (Å²) in [6.07, 6.45) is 2.58. The molecule has 0 spiro atoms. The second-order valence-corrected chi connectivity index (χ2v) is 4.49. The Morgan fingerprint density at radius 1 is 1.18 bits per heavy atom. The topological polar surface area (TPSA) is 24.9 Å². The van der Waals surface area contributed by atoms with Crippen molar-refractivity contribution in [3.05, 3.63) is 58.4 Å². The Kier molecular flexibility index (Phi) is 4.09. The van der Waals surface area contributed by atoms with E-state index in [9.17, 15) is 4.39 Å². The fraction of sp³-hybridized carbons (Fsp3) is 0.154. The molecule has 88 valence electrons. The molecular weight excluding hydrogens is 283 g/mol. The molecule has 0 fully saturated rings. The highest BCUT2D eigenvalue weighted by Gasteiger charge is 1.99. The molecule has 0 atom stereocenters. The van der Waals surface area contributed by atoms with Gasteiger partial charge in [0.05, 0.1) is 4.47 Å². The highest BCUT2D eigenvalue weighted by Crippen LogP contribution is 2.18. The van der Waals surface area contributed by atoms with Crippen LogP contribution in [0.4, 0.5) is 10.2 Å². The molecule has 2 rings (SSSR count). The van der Waals surface area contributed by atoms with Crippen molar-refractivity contribution in [1.82, 2.24) is 4.98 Å². The molecule has 1 heterocycles. The summed E-state index contributed by atoms with van der Waals surface area (Å²) in [5.41, 5.74) is 1.10. The van der Waals surface area contributed by atoms with Crippen LogP contribution in [0.2, 0.25) is 0 Å². The molecule has 0 aliphatic rings. The van der Waals surface area contributed by atoms with Crippen molar-refractivity contribution in [2.45, 2.75) is 6.42 Å². The maximum Gasteiger partial charge on any atom is 0.140 e. The third kappa shape index (κ3) is 3.53. The predicted octanol–water partition coefficient (Wildman–Crippen LogP) is 3.64. The molecule has 0 bridgehead atoms. The fourth-order valence-corrected chi connectivity index (χ4v) is 1.89. The number of hydrogen-bond donors (Lipinski definition) is 1. The fourth-order valence-electron chi connectivity index (χ4n) is 1.49. The zero-order valence-corrected chi connectivity index (χ0v) is 10.7. The molecule has 0 saturated heterocycles. The zero-order valence-electron chi connectivity index (χ0n) is 9.16. The molecule has 0 aliphatic carbocycles. The highest BCUT2D eigenvalue weighted by atomic mass is 79.9. The number of halogens is 2. The Morgan fingerprint density at radius 3 is 2.65 bits per heavy atom. The van der Waals surface area contributed by atoms with E-state index >= 15 is 0 Å². The van der Waals surface area contributed by atoms with Crippen LogP contribution in [-0.4, -0.2) is 11.5 Å². The summed E-state index contributed by atoms with van der Waals surface area (Å²) >= 11 is 3.42. The predicted molar refractivity (Wildman–Crippen MR) is 70.5 cm³/mol. The lowest BCUT2D eigenvalue weighted by Gasteiger charge is -2.07. The highest BCUT2D eigenvalue weighted by molar-refractivity contribution is 9.10. The van der Waals surface area contributed by atoms with Crippen LogP contribution in [0.25, 0.3) is 0 Å². The van der Waals surface area contributed by atoms with Crippen LogP contribution in [0.15, 0.2) is 47.1 Å². The number of pyridine rings is 1. The van der Waals surface area contributed by atoms with Gasteiger partial charge in [-0.3, -0.25) is 0 Å². The Balaban J connectivity index is 1.88. The monoisotopic (exact) mass is 294 g/mol. The summed E-state index contributed by atoms with van der Waals surface area (Å²) in [5, 5.41) is 3.22. The first-order valence-electron chi connectivity index (χ1n) is 5.34. The van der Waals surface area contributed by atoms with E-state index in [0.717, 1.165) is 28.8 Å². The lowest BCUT2D eigenvalue weighted by Crippen LogP contribution is -2.06. The number of benzene rings is 1. The SMILES string of the molecule is Fc1ccc(CCNc2ncccc2Br)cc1. The summed E-state index contributed by atoms with van der Waals surface area (Å²) < 4.78 is 13.6. The van der Waals surface area contributed by atoms with E-state index in [4.69, 9.17) is 0 Å². The lowest BCUT2D eigenvalue weighted by molar-refractivity contribution is 0.627. The Hall–Kier alpha value is -1.42. The first kappa shape index (κ1) is 12.0. The maximum absolute atomic E-state index is 12.7. The number of anilines is 1. The minimum atomic E-state index is -0.200. The van der Waals surface area contributed by atoms with Crippen molar-refractivity contribution >= 4 is 21.7 Å². The van der Waals surface area contributed by atoms with E-state index in [0.29, 0.717) is 0 Å². The van der Waals surface area contributed by atoms with E-state index in [-0.39, 0.29) is 5.82 Å². The average Bonchev–Trinajstić information content (AvgIpc) is 2.34. The van der Waals surface area contributed by atoms with Gasteiger partial charge in [-0.15, -0.1) is 0 Å². The van der Waals surface area contributed by atoms with Crippen LogP contribution in [-0.2, 0) is 6.42 Å². The summed E-state index contributed by atoms with van der Waals surface area (Å²) in [6, 6.07) is 10.4. The quantitative estimate of drug-likeness (QED) is 0.931. The zero-order chi connectivity index (χ0) is 12.1. The molecule has 2 nitrogen and oxygen atoms in total. The van der Waals surface area contributed by atoms with E-state index in [1.54, 1.807) is 18.3 Å². The van der Waals surface area contributed by atoms with Crippen molar-refractivity contribution in [3.63, 3.8) is 0 Å². The molecule has 2 aromatic rings. The molecule has 17 heavy (non-hydrogen) atoms. The van der Waals surface area contributed by atoms with E-state index in [2.05, 4.69) is 26.2 Å². The van der Waals surface area contributed by atoms with Gasteiger partial charge in [0, 0.05) is 12.7 Å². The van der Waals surface area contributed by atoms with Crippen LogP contribution < -0.4 is 5.32 Å². The first-order valence-corrected chi connectivity index (χ1v) is 6.14. The molecule has 1 aromatic heterocycles. The van der Waals surface area contributed by atoms with Crippen LogP contribution in [0, 0.1) is 5.82 Å². The van der Waals surface area contributed by atoms with E-state index < -0.39 is 0 Å². The van der Waals surface area contributed by atoms with Gasteiger partial charge in [-0.25, -0.2) is 9.37 Å². The van der Waals surface area contributed by atoms with Crippen LogP contribution in [0.5, 0.6) is 0 Å². The standard InChI is InChI=1S/C13H12BrFN2/c14-12-2-1-8-16-13(12)17-9-7-10-3-5-11(15)6-4-10/h1-6,8H,7,9H2,(H,16,17). The summed E-state index contributed by atoms with van der Waals surface area (Å²) in [4.78, 5) is 4.21. The van der Waals surface area contributed by atoms with Crippen molar-refractivity contribution < 1.29 is 4.39 Å². The second kappa shape index (κ2) is 5.77. The second-order valence-electron chi connectivity index (χ2n) is 3.64. The van der Waals surface area contributed by atoms with Crippen LogP contribution in [0.3, 0.4) is 0 Å². The number of hydrogen-bond acceptors (Lipinski definition) is 2. The molecule has 1 N–H and O–H groups in total. The summed E-state index contributed by atoms with van der Waals surface area (Å²) in [5.74, 6) is 0.629. The lowest BCUT2D eigenvalue weighted by atomic mass is 10.1. The molecule has 0 radical (unpaired) electrons. The molecule has 0 saturated carbocycles. The van der Waals surface area contributed by atoms with Gasteiger partial charge in [-0.2, -0.15) is 0 Å². The van der Waals surface area contributed by atoms with E-state index in [1.165, 1.54) is 12.1 Å². The Morgan fingerprint density at radius 2 is 1.94 bits per heavy atom. The number of nitrogens with zero attached hydrogens (tertiary/aromatic N) is 1. The van der Waals surface area contributed by atoms with Gasteiger partial charge in [0.2, 0.25) is 0 Å². The minimum absolute atomic E-state index is 0.200. The third-order valence-corrected chi connectivity index (χ3v) is 3.02. The maximum atomic E-state index is 12.7. The van der Waals surface area contributed by atoms with Gasteiger partial charge in [0.15, 0.2) is 0 Å². The molecule has 1 aromatic carbocycles. The van der Waals surface area contributed by atoms with Gasteiger partial charge >= 0.3 is 0 Å². The molecule has 0 unspecified atom stereocenters. The van der Waals surface area contributed by atoms with Crippen molar-refractivity contribution in [1.29, 1.82) is 0 Å². The molecule has 4 heteroatoms. The average molecular weight is 295 g/mol. The Labute approximate surface area is 108 Å². The van der Waals surface area contributed by atoms with Crippen molar-refractivity contribution in [2.75, 3.05) is 11.9 Å². The normalized spacial score (nSPS) is 10.2. The smallest absolute Gasteiger partial charge is 0.140 e. The van der Waals surface area contributed by atoms with Gasteiger partial charge in [0.25, 0.3) is 0 Å². The van der Waals surface area contributed by atoms with Gasteiger partial charge < -0.3 is 5.32 Å². The van der Waals surface area contributed by atoms with Crippen LogP contribution >= 0.6 is 15.9 Å². The van der Waals surface area contributed by atoms with Crippen molar-refractivity contribution in [3.8, 4) is 0 Å². The van der Waals surface area contributed by atoms with Gasteiger partial charge in [-0.05, 0) is 52.2 Å². The third-order valence-electron chi connectivity index (χ3n) is 2.38. The van der Waals surface area contributed by atoms with Crippen LogP contribution in [0.1, 0.15) is 5.56 Å². The molecule has 0 amide bonds. The number of rotatable bonds is 4. The number of nitrogens with one attached hydrogen (secondary N) is 1. The minimum Gasteiger partial charge on any atom is -0.369 e. The Bertz CT molecular complexity index is 485. The number of aromatic nitrogens is 1. The molecular formula is C13H12BrFN2. The summed E-state index contributed by atoms with van der Waals surface area (Å²) in [6.45, 7) is 0.765. The largest absolute Gasteiger partial charge is 0.369 e. The van der Waals surface area contributed by atoms with Gasteiger partial charge in [0.1, 0.15) is 11.6 Å². The van der Waals surface area contributed by atoms with Gasteiger partial charge in [-0.1, -0.05) is 12.1 Å². The summed E-state index contributed by atoms with van der Waals surface area (Å²) in [7, 11) is 0. The van der Waals surface area contributed by atoms with Crippen molar-refractivity contribution in [2.24, 2.45) is 0 Å². The van der Waals surface area contributed by atoms with E-state index in [1.807, 2.05) is 12.1 Å². The molecule has 0 aliphatic heterocycles. The first-order chi connectivity index (χ1) is 8.25.